The molecule has 1 aromatic heterocycles. The minimum atomic E-state index is 0.00958. The molecule has 0 radical (unpaired) electrons. The Hall–Kier alpha value is -2.22. The van der Waals surface area contributed by atoms with Crippen LogP contribution in [0.15, 0.2) is 24.4 Å². The van der Waals surface area contributed by atoms with Gasteiger partial charge in [-0.2, -0.15) is 5.10 Å². The van der Waals surface area contributed by atoms with Crippen LogP contribution in [0.3, 0.4) is 0 Å². The van der Waals surface area contributed by atoms with Crippen LogP contribution in [0.2, 0.25) is 0 Å². The maximum atomic E-state index is 13.2. The molecular weight excluding hydrogens is 412 g/mol. The van der Waals surface area contributed by atoms with E-state index in [1.807, 2.05) is 4.68 Å². The lowest BCUT2D eigenvalue weighted by Crippen LogP contribution is -2.46. The number of benzene rings is 1. The molecule has 2 N–H and O–H groups in total. The Bertz CT molecular complexity index is 925. The van der Waals surface area contributed by atoms with Gasteiger partial charge in [0, 0.05) is 38.6 Å². The number of aryl methyl sites for hydroxylation is 2. The number of nitrogens with one attached hydrogen (secondary N) is 2. The molecule has 0 bridgehead atoms. The van der Waals surface area contributed by atoms with Gasteiger partial charge in [-0.25, -0.2) is 4.68 Å². The summed E-state index contributed by atoms with van der Waals surface area (Å²) in [6.45, 7) is 15.9. The second-order valence-electron chi connectivity index (χ2n) is 9.55. The third-order valence-electron chi connectivity index (χ3n) is 7.21. The van der Waals surface area contributed by atoms with E-state index in [2.05, 4.69) is 59.4 Å². The molecule has 4 rings (SSSR count). The first kappa shape index (κ1) is 23.9. The average molecular weight is 453 g/mol. The number of hydrogen-bond acceptors (Lipinski definition) is 5. The molecule has 2 aromatic rings. The van der Waals surface area contributed by atoms with Crippen molar-refractivity contribution in [1.82, 2.24) is 30.2 Å². The molecule has 33 heavy (non-hydrogen) atoms. The van der Waals surface area contributed by atoms with E-state index in [-0.39, 0.29) is 5.91 Å². The summed E-state index contributed by atoms with van der Waals surface area (Å²) < 4.78 is 2.02. The molecule has 180 valence electrons. The summed E-state index contributed by atoms with van der Waals surface area (Å²) in [6.07, 6.45) is 4.81. The smallest absolute Gasteiger partial charge is 0.254 e. The van der Waals surface area contributed by atoms with Crippen LogP contribution in [0, 0.1) is 13.8 Å². The summed E-state index contributed by atoms with van der Waals surface area (Å²) in [5, 5.41) is 11.3. The first-order valence-corrected chi connectivity index (χ1v) is 12.7. The fourth-order valence-electron chi connectivity index (χ4n) is 5.18. The van der Waals surface area contributed by atoms with Gasteiger partial charge in [0.05, 0.1) is 23.1 Å². The summed E-state index contributed by atoms with van der Waals surface area (Å²) in [5.41, 5.74) is 5.29. The van der Waals surface area contributed by atoms with Crippen LogP contribution in [-0.2, 0) is 0 Å². The predicted molar refractivity (Wildman–Crippen MR) is 133 cm³/mol. The Labute approximate surface area is 198 Å². The Morgan fingerprint density at radius 2 is 1.85 bits per heavy atom. The number of rotatable bonds is 8. The zero-order valence-electron chi connectivity index (χ0n) is 20.6. The fourth-order valence-corrected chi connectivity index (χ4v) is 5.18. The number of aromatic nitrogens is 2. The van der Waals surface area contributed by atoms with E-state index >= 15 is 0 Å². The SMILES string of the molecule is CCN1CCN(CCCNC(=O)c2cnn(-c3ccc(C)cc3C)c2C2CCNCC2)CC1. The molecule has 7 heteroatoms. The van der Waals surface area contributed by atoms with Crippen molar-refractivity contribution < 1.29 is 4.79 Å². The molecule has 2 saturated heterocycles. The van der Waals surface area contributed by atoms with Crippen molar-refractivity contribution in [2.45, 2.75) is 46.0 Å². The van der Waals surface area contributed by atoms with Gasteiger partial charge < -0.3 is 20.4 Å². The lowest BCUT2D eigenvalue weighted by molar-refractivity contribution is 0.0946. The van der Waals surface area contributed by atoms with E-state index in [9.17, 15) is 4.79 Å². The third-order valence-corrected chi connectivity index (χ3v) is 7.21. The van der Waals surface area contributed by atoms with Crippen LogP contribution in [0.4, 0.5) is 0 Å². The standard InChI is InChI=1S/C26H40N6O/c1-4-30-14-16-31(17-15-30)13-5-10-28-26(33)23-19-29-32(24-7-6-20(2)18-21(24)3)25(23)22-8-11-27-12-9-22/h6-7,18-19,22,27H,4-5,8-17H2,1-3H3,(H,28,33). The summed E-state index contributed by atoms with van der Waals surface area (Å²) in [6, 6.07) is 6.43. The summed E-state index contributed by atoms with van der Waals surface area (Å²) in [5.74, 6) is 0.348. The van der Waals surface area contributed by atoms with Gasteiger partial charge in [-0.05, 0) is 70.9 Å². The molecular formula is C26H40N6O. The average Bonchev–Trinajstić information content (AvgIpc) is 3.27. The summed E-state index contributed by atoms with van der Waals surface area (Å²) in [7, 11) is 0. The van der Waals surface area contributed by atoms with Crippen LogP contribution in [0.5, 0.6) is 0 Å². The highest BCUT2D eigenvalue weighted by Crippen LogP contribution is 2.31. The summed E-state index contributed by atoms with van der Waals surface area (Å²) >= 11 is 0. The largest absolute Gasteiger partial charge is 0.352 e. The van der Waals surface area contributed by atoms with Crippen LogP contribution >= 0.6 is 0 Å². The topological polar surface area (TPSA) is 65.4 Å². The van der Waals surface area contributed by atoms with Crippen molar-refractivity contribution in [3.8, 4) is 5.69 Å². The number of carbonyl (C=O) groups is 1. The van der Waals surface area contributed by atoms with Crippen LogP contribution in [0.1, 0.15) is 59.3 Å². The number of piperidine rings is 1. The van der Waals surface area contributed by atoms with Gasteiger partial charge in [0.15, 0.2) is 0 Å². The van der Waals surface area contributed by atoms with Gasteiger partial charge >= 0.3 is 0 Å². The van der Waals surface area contributed by atoms with E-state index in [0.29, 0.717) is 12.5 Å². The number of amides is 1. The zero-order valence-corrected chi connectivity index (χ0v) is 20.6. The van der Waals surface area contributed by atoms with Gasteiger partial charge in [0.2, 0.25) is 0 Å². The number of piperazine rings is 1. The van der Waals surface area contributed by atoms with Crippen LogP contribution in [0.25, 0.3) is 5.69 Å². The number of carbonyl (C=O) groups excluding carboxylic acids is 1. The maximum Gasteiger partial charge on any atom is 0.254 e. The van der Waals surface area contributed by atoms with E-state index in [1.54, 1.807) is 6.20 Å². The molecule has 0 saturated carbocycles. The van der Waals surface area contributed by atoms with Crippen molar-refractivity contribution in [2.75, 3.05) is 58.9 Å². The van der Waals surface area contributed by atoms with Gasteiger partial charge in [-0.3, -0.25) is 4.79 Å². The van der Waals surface area contributed by atoms with Crippen LogP contribution in [-0.4, -0.2) is 84.4 Å². The van der Waals surface area contributed by atoms with Crippen molar-refractivity contribution in [3.63, 3.8) is 0 Å². The normalized spacial score (nSPS) is 18.5. The Kier molecular flexibility index (Phi) is 8.17. The lowest BCUT2D eigenvalue weighted by atomic mass is 9.91. The lowest BCUT2D eigenvalue weighted by Gasteiger charge is -2.33. The second-order valence-corrected chi connectivity index (χ2v) is 9.55. The Morgan fingerprint density at radius 3 is 2.55 bits per heavy atom. The van der Waals surface area contributed by atoms with Gasteiger partial charge in [0.1, 0.15) is 0 Å². The van der Waals surface area contributed by atoms with E-state index in [0.717, 1.165) is 88.6 Å². The van der Waals surface area contributed by atoms with E-state index in [1.165, 1.54) is 11.1 Å². The first-order valence-electron chi connectivity index (χ1n) is 12.7. The number of likely N-dealkylation sites (N-methyl/N-ethyl adjacent to an activating group) is 1. The second kappa shape index (κ2) is 11.3. The van der Waals surface area contributed by atoms with Crippen LogP contribution < -0.4 is 10.6 Å². The zero-order chi connectivity index (χ0) is 23.2. The summed E-state index contributed by atoms with van der Waals surface area (Å²) in [4.78, 5) is 18.2. The molecule has 2 aliphatic heterocycles. The van der Waals surface area contributed by atoms with Gasteiger partial charge in [-0.15, -0.1) is 0 Å². The number of nitrogens with zero attached hydrogens (tertiary/aromatic N) is 4. The molecule has 0 aliphatic carbocycles. The predicted octanol–water partition coefficient (Wildman–Crippen LogP) is 2.71. The van der Waals surface area contributed by atoms with Crippen molar-refractivity contribution >= 4 is 5.91 Å². The Balaban J connectivity index is 1.43. The van der Waals surface area contributed by atoms with Crippen molar-refractivity contribution in [2.24, 2.45) is 0 Å². The molecule has 0 atom stereocenters. The highest BCUT2D eigenvalue weighted by atomic mass is 16.1. The highest BCUT2D eigenvalue weighted by Gasteiger charge is 2.27. The Morgan fingerprint density at radius 1 is 1.12 bits per heavy atom. The number of hydrogen-bond donors (Lipinski definition) is 2. The molecule has 1 amide bonds. The molecule has 2 fully saturated rings. The monoisotopic (exact) mass is 452 g/mol. The van der Waals surface area contributed by atoms with E-state index in [4.69, 9.17) is 5.10 Å². The molecule has 2 aliphatic rings. The minimum absolute atomic E-state index is 0.00958. The maximum absolute atomic E-state index is 13.2. The van der Waals surface area contributed by atoms with E-state index < -0.39 is 0 Å². The van der Waals surface area contributed by atoms with Crippen molar-refractivity contribution in [1.29, 1.82) is 0 Å². The quantitative estimate of drug-likeness (QED) is 0.603. The molecule has 1 aromatic carbocycles. The first-order chi connectivity index (χ1) is 16.1. The molecule has 0 spiro atoms. The van der Waals surface area contributed by atoms with Crippen molar-refractivity contribution in [3.05, 3.63) is 46.8 Å². The third kappa shape index (κ3) is 5.83. The molecule has 0 unspecified atom stereocenters. The fraction of sp³-hybridized carbons (Fsp3) is 0.615. The van der Waals surface area contributed by atoms with Gasteiger partial charge in [-0.1, -0.05) is 24.6 Å². The minimum Gasteiger partial charge on any atom is -0.352 e. The highest BCUT2D eigenvalue weighted by molar-refractivity contribution is 5.95. The molecule has 7 nitrogen and oxygen atoms in total. The molecule has 3 heterocycles. The van der Waals surface area contributed by atoms with Gasteiger partial charge in [0.25, 0.3) is 5.91 Å².